The molecule has 1 aliphatic heterocycles. The highest BCUT2D eigenvalue weighted by molar-refractivity contribution is 5.47. The Morgan fingerprint density at radius 3 is 2.75 bits per heavy atom. The lowest BCUT2D eigenvalue weighted by Gasteiger charge is -2.20. The van der Waals surface area contributed by atoms with Gasteiger partial charge in [-0.25, -0.2) is 4.68 Å². The van der Waals surface area contributed by atoms with Crippen LogP contribution in [0.15, 0.2) is 18.2 Å². The van der Waals surface area contributed by atoms with Crippen LogP contribution in [0.25, 0.3) is 0 Å². The molecule has 1 aliphatic rings. The van der Waals surface area contributed by atoms with Gasteiger partial charge in [-0.05, 0) is 39.2 Å². The van der Waals surface area contributed by atoms with Gasteiger partial charge in [0.2, 0.25) is 0 Å². The molecule has 0 bridgehead atoms. The van der Waals surface area contributed by atoms with Crippen molar-refractivity contribution in [2.24, 2.45) is 0 Å². The molecule has 2 aromatic rings. The van der Waals surface area contributed by atoms with Gasteiger partial charge in [0.1, 0.15) is 11.6 Å². The van der Waals surface area contributed by atoms with E-state index in [-0.39, 0.29) is 6.04 Å². The molecule has 0 spiro atoms. The fourth-order valence-corrected chi connectivity index (χ4v) is 3.08. The maximum absolute atomic E-state index is 6.12. The number of aromatic nitrogens is 2. The minimum absolute atomic E-state index is 0.166. The van der Waals surface area contributed by atoms with Crippen LogP contribution >= 0.6 is 0 Å². The fourth-order valence-electron chi connectivity index (χ4n) is 3.08. The van der Waals surface area contributed by atoms with Crippen LogP contribution in [0.4, 0.5) is 5.82 Å². The molecule has 0 aliphatic carbocycles. The topological polar surface area (TPSA) is 53.1 Å². The molecular formula is C16H21N3O. The molecule has 0 saturated heterocycles. The number of nitrogen functional groups attached to an aromatic ring is 1. The summed E-state index contributed by atoms with van der Waals surface area (Å²) in [4.78, 5) is 0. The average molecular weight is 271 g/mol. The van der Waals surface area contributed by atoms with Crippen LogP contribution in [-0.2, 0) is 0 Å². The van der Waals surface area contributed by atoms with Crippen LogP contribution in [0.3, 0.4) is 0 Å². The third kappa shape index (κ3) is 2.15. The Bertz CT molecular complexity index is 645. The Hall–Kier alpha value is -1.97. The molecule has 20 heavy (non-hydrogen) atoms. The lowest BCUT2D eigenvalue weighted by atomic mass is 9.97. The summed E-state index contributed by atoms with van der Waals surface area (Å²) < 4.78 is 7.90. The number of anilines is 1. The molecule has 0 fully saturated rings. The zero-order valence-corrected chi connectivity index (χ0v) is 12.3. The van der Waals surface area contributed by atoms with E-state index in [2.05, 4.69) is 31.1 Å². The summed E-state index contributed by atoms with van der Waals surface area (Å²) in [5.41, 5.74) is 10.7. The number of rotatable bonds is 1. The molecular weight excluding hydrogens is 250 g/mol. The number of nitrogens with zero attached hydrogens (tertiary/aromatic N) is 2. The summed E-state index contributed by atoms with van der Waals surface area (Å²) in [7, 11) is 0. The predicted octanol–water partition coefficient (Wildman–Crippen LogP) is 3.15. The van der Waals surface area contributed by atoms with Crippen LogP contribution in [-0.4, -0.2) is 16.4 Å². The summed E-state index contributed by atoms with van der Waals surface area (Å²) >= 11 is 0. The average Bonchev–Trinajstić information content (AvgIpc) is 2.59. The highest BCUT2D eigenvalue weighted by atomic mass is 16.5. The van der Waals surface area contributed by atoms with E-state index in [1.54, 1.807) is 0 Å². The van der Waals surface area contributed by atoms with Gasteiger partial charge in [-0.2, -0.15) is 5.10 Å². The Kier molecular flexibility index (Phi) is 3.16. The van der Waals surface area contributed by atoms with Crippen LogP contribution in [0, 0.1) is 20.8 Å². The first kappa shape index (κ1) is 13.0. The van der Waals surface area contributed by atoms with E-state index in [9.17, 15) is 0 Å². The largest absolute Gasteiger partial charge is 0.493 e. The van der Waals surface area contributed by atoms with Crippen LogP contribution in [0.1, 0.15) is 41.3 Å². The van der Waals surface area contributed by atoms with Gasteiger partial charge in [0.05, 0.1) is 18.3 Å². The van der Waals surface area contributed by atoms with Crippen molar-refractivity contribution in [2.75, 3.05) is 12.3 Å². The molecule has 4 heteroatoms. The van der Waals surface area contributed by atoms with E-state index in [4.69, 9.17) is 10.5 Å². The molecule has 1 aromatic heterocycles. The first-order valence-corrected chi connectivity index (χ1v) is 7.12. The van der Waals surface area contributed by atoms with Gasteiger partial charge in [0.15, 0.2) is 0 Å². The molecule has 0 radical (unpaired) electrons. The highest BCUT2D eigenvalue weighted by Crippen LogP contribution is 2.38. The molecule has 1 aromatic carbocycles. The van der Waals surface area contributed by atoms with Crippen molar-refractivity contribution in [3.05, 3.63) is 40.6 Å². The Morgan fingerprint density at radius 1 is 1.25 bits per heavy atom. The monoisotopic (exact) mass is 271 g/mol. The number of hydrogen-bond acceptors (Lipinski definition) is 3. The quantitative estimate of drug-likeness (QED) is 0.866. The summed E-state index contributed by atoms with van der Waals surface area (Å²) in [5.74, 6) is 1.73. The summed E-state index contributed by atoms with van der Waals surface area (Å²) in [6.07, 6.45) is 2.01. The van der Waals surface area contributed by atoms with E-state index >= 15 is 0 Å². The van der Waals surface area contributed by atoms with Crippen LogP contribution in [0.2, 0.25) is 0 Å². The van der Waals surface area contributed by atoms with Crippen molar-refractivity contribution in [1.29, 1.82) is 0 Å². The Labute approximate surface area is 119 Å². The molecule has 106 valence electrons. The van der Waals surface area contributed by atoms with Crippen LogP contribution in [0.5, 0.6) is 5.75 Å². The van der Waals surface area contributed by atoms with E-state index in [0.29, 0.717) is 0 Å². The van der Waals surface area contributed by atoms with Crippen LogP contribution < -0.4 is 10.5 Å². The summed E-state index contributed by atoms with van der Waals surface area (Å²) in [6, 6.07) is 6.46. The van der Waals surface area contributed by atoms with Gasteiger partial charge in [-0.1, -0.05) is 17.7 Å². The first-order valence-electron chi connectivity index (χ1n) is 7.12. The Morgan fingerprint density at radius 2 is 2.05 bits per heavy atom. The van der Waals surface area contributed by atoms with E-state index in [1.165, 1.54) is 16.7 Å². The number of benzene rings is 1. The minimum atomic E-state index is 0.166. The van der Waals surface area contributed by atoms with Gasteiger partial charge in [0, 0.05) is 11.6 Å². The second-order valence-electron chi connectivity index (χ2n) is 5.66. The molecule has 1 atom stereocenters. The molecule has 1 unspecified atom stereocenters. The SMILES string of the molecule is Cc1cc(C)c2c(c1)C(n1nc(C)cc1N)CCCO2. The van der Waals surface area contributed by atoms with Gasteiger partial charge < -0.3 is 10.5 Å². The normalized spacial score (nSPS) is 18.2. The number of nitrogens with two attached hydrogens (primary N) is 1. The molecule has 4 nitrogen and oxygen atoms in total. The minimum Gasteiger partial charge on any atom is -0.493 e. The van der Waals surface area contributed by atoms with E-state index < -0.39 is 0 Å². The highest BCUT2D eigenvalue weighted by Gasteiger charge is 2.25. The molecule has 2 heterocycles. The Balaban J connectivity index is 2.16. The fraction of sp³-hybridized carbons (Fsp3) is 0.438. The standard InChI is InChI=1S/C16H21N3O/c1-10-7-11(2)16-13(8-10)14(5-4-6-20-16)19-15(17)9-12(3)18-19/h7-9,14H,4-6,17H2,1-3H3. The number of ether oxygens (including phenoxy) is 1. The van der Waals surface area contributed by atoms with Gasteiger partial charge >= 0.3 is 0 Å². The van der Waals surface area contributed by atoms with Crippen molar-refractivity contribution in [3.63, 3.8) is 0 Å². The second-order valence-corrected chi connectivity index (χ2v) is 5.66. The van der Waals surface area contributed by atoms with Crippen molar-refractivity contribution in [3.8, 4) is 5.75 Å². The number of aryl methyl sites for hydroxylation is 3. The van der Waals surface area contributed by atoms with Crippen molar-refractivity contribution in [1.82, 2.24) is 9.78 Å². The van der Waals surface area contributed by atoms with E-state index in [1.807, 2.05) is 17.7 Å². The van der Waals surface area contributed by atoms with Gasteiger partial charge in [0.25, 0.3) is 0 Å². The van der Waals surface area contributed by atoms with E-state index in [0.717, 1.165) is 36.7 Å². The zero-order chi connectivity index (χ0) is 14.3. The predicted molar refractivity (Wildman–Crippen MR) is 80.2 cm³/mol. The number of fused-ring (bicyclic) bond motifs is 1. The molecule has 3 rings (SSSR count). The summed E-state index contributed by atoms with van der Waals surface area (Å²) in [5, 5.41) is 4.57. The lowest BCUT2D eigenvalue weighted by molar-refractivity contribution is 0.313. The van der Waals surface area contributed by atoms with Crippen molar-refractivity contribution in [2.45, 2.75) is 39.7 Å². The third-order valence-electron chi connectivity index (χ3n) is 3.86. The lowest BCUT2D eigenvalue weighted by Crippen LogP contribution is -2.14. The second kappa shape index (κ2) is 4.85. The van der Waals surface area contributed by atoms with Gasteiger partial charge in [-0.15, -0.1) is 0 Å². The molecule has 0 saturated carbocycles. The third-order valence-corrected chi connectivity index (χ3v) is 3.86. The smallest absolute Gasteiger partial charge is 0.127 e. The van der Waals surface area contributed by atoms with Crippen molar-refractivity contribution < 1.29 is 4.74 Å². The number of hydrogen-bond donors (Lipinski definition) is 1. The molecule has 0 amide bonds. The van der Waals surface area contributed by atoms with Crippen molar-refractivity contribution >= 4 is 5.82 Å². The molecule has 2 N–H and O–H groups in total. The zero-order valence-electron chi connectivity index (χ0n) is 12.3. The van der Waals surface area contributed by atoms with Gasteiger partial charge in [-0.3, -0.25) is 0 Å². The maximum atomic E-state index is 6.12. The maximum Gasteiger partial charge on any atom is 0.127 e. The summed E-state index contributed by atoms with van der Waals surface area (Å²) in [6.45, 7) is 6.95. The first-order chi connectivity index (χ1) is 9.56.